The second-order valence-electron chi connectivity index (χ2n) is 5.72. The average Bonchev–Trinajstić information content (AvgIpc) is 2.40. The highest BCUT2D eigenvalue weighted by Gasteiger charge is 2.05. The molecule has 0 unspecified atom stereocenters. The Kier molecular flexibility index (Phi) is 7.05. The lowest BCUT2D eigenvalue weighted by Crippen LogP contribution is -2.26. The van der Waals surface area contributed by atoms with Crippen molar-refractivity contribution in [2.45, 2.75) is 46.0 Å². The van der Waals surface area contributed by atoms with Gasteiger partial charge < -0.3 is 9.88 Å². The van der Waals surface area contributed by atoms with E-state index in [-0.39, 0.29) is 11.5 Å². The second kappa shape index (κ2) is 8.56. The van der Waals surface area contributed by atoms with Crippen molar-refractivity contribution in [3.63, 3.8) is 0 Å². The Morgan fingerprint density at radius 3 is 2.60 bits per heavy atom. The van der Waals surface area contributed by atoms with Gasteiger partial charge in [0.15, 0.2) is 0 Å². The van der Waals surface area contributed by atoms with Gasteiger partial charge >= 0.3 is 0 Å². The molecule has 0 aliphatic rings. The van der Waals surface area contributed by atoms with E-state index in [0.29, 0.717) is 12.1 Å². The van der Waals surface area contributed by atoms with Crippen LogP contribution in [0.3, 0.4) is 0 Å². The van der Waals surface area contributed by atoms with Crippen molar-refractivity contribution in [1.29, 1.82) is 0 Å². The monoisotopic (exact) mass is 278 g/mol. The molecule has 1 amide bonds. The van der Waals surface area contributed by atoms with Crippen LogP contribution in [-0.2, 0) is 7.05 Å². The Hall–Kier alpha value is -1.58. The summed E-state index contributed by atoms with van der Waals surface area (Å²) in [5.41, 5.74) is 0.277. The van der Waals surface area contributed by atoms with Crippen molar-refractivity contribution in [1.82, 2.24) is 9.88 Å². The highest BCUT2D eigenvalue weighted by Crippen LogP contribution is 2.09. The van der Waals surface area contributed by atoms with Crippen molar-refractivity contribution in [3.05, 3.63) is 34.2 Å². The molecule has 0 aliphatic carbocycles. The number of hydrogen-bond donors (Lipinski definition) is 1. The van der Waals surface area contributed by atoms with Crippen molar-refractivity contribution in [3.8, 4) is 0 Å². The zero-order valence-corrected chi connectivity index (χ0v) is 12.8. The van der Waals surface area contributed by atoms with Gasteiger partial charge in [-0.05, 0) is 18.4 Å². The molecular weight excluding hydrogens is 252 g/mol. The molecule has 20 heavy (non-hydrogen) atoms. The SMILES string of the molecule is CC(C)CCCCCCNC(=O)c1ccn(C)c(=O)c1. The lowest BCUT2D eigenvalue weighted by atomic mass is 10.0. The fraction of sp³-hybridized carbons (Fsp3) is 0.625. The third kappa shape index (κ3) is 6.04. The molecule has 112 valence electrons. The molecule has 0 radical (unpaired) electrons. The predicted molar refractivity (Wildman–Crippen MR) is 81.9 cm³/mol. The summed E-state index contributed by atoms with van der Waals surface area (Å²) in [6.45, 7) is 5.16. The highest BCUT2D eigenvalue weighted by atomic mass is 16.2. The number of amides is 1. The molecule has 0 aliphatic heterocycles. The average molecular weight is 278 g/mol. The number of nitrogens with one attached hydrogen (secondary N) is 1. The molecule has 4 heteroatoms. The fourth-order valence-electron chi connectivity index (χ4n) is 2.02. The van der Waals surface area contributed by atoms with Crippen LogP contribution in [0.15, 0.2) is 23.1 Å². The maximum absolute atomic E-state index is 11.8. The molecule has 0 aromatic carbocycles. The van der Waals surface area contributed by atoms with Gasteiger partial charge in [-0.25, -0.2) is 0 Å². The summed E-state index contributed by atoms with van der Waals surface area (Å²) in [4.78, 5) is 23.3. The number of hydrogen-bond acceptors (Lipinski definition) is 2. The van der Waals surface area contributed by atoms with E-state index in [1.165, 1.54) is 29.9 Å². The minimum atomic E-state index is -0.162. The molecule has 0 atom stereocenters. The van der Waals surface area contributed by atoms with Crippen LogP contribution in [0.25, 0.3) is 0 Å². The topological polar surface area (TPSA) is 51.1 Å². The van der Waals surface area contributed by atoms with Crippen LogP contribution in [0.1, 0.15) is 56.3 Å². The van der Waals surface area contributed by atoms with Crippen LogP contribution in [0.5, 0.6) is 0 Å². The summed E-state index contributed by atoms with van der Waals surface area (Å²) in [7, 11) is 1.67. The molecular formula is C16H26N2O2. The summed E-state index contributed by atoms with van der Waals surface area (Å²) in [5.74, 6) is 0.611. The molecule has 1 heterocycles. The Balaban J connectivity index is 2.20. The van der Waals surface area contributed by atoms with Gasteiger partial charge in [-0.2, -0.15) is 0 Å². The third-order valence-electron chi connectivity index (χ3n) is 3.36. The van der Waals surface area contributed by atoms with Gasteiger partial charge in [0.1, 0.15) is 0 Å². The van der Waals surface area contributed by atoms with E-state index in [2.05, 4.69) is 19.2 Å². The summed E-state index contributed by atoms with van der Waals surface area (Å²) in [6, 6.07) is 3.04. The zero-order chi connectivity index (χ0) is 15.0. The second-order valence-corrected chi connectivity index (χ2v) is 5.72. The van der Waals surface area contributed by atoms with E-state index < -0.39 is 0 Å². The first kappa shape index (κ1) is 16.5. The van der Waals surface area contributed by atoms with Crippen LogP contribution >= 0.6 is 0 Å². The van der Waals surface area contributed by atoms with Crippen LogP contribution in [-0.4, -0.2) is 17.0 Å². The first-order valence-corrected chi connectivity index (χ1v) is 7.45. The lowest BCUT2D eigenvalue weighted by Gasteiger charge is -2.06. The predicted octanol–water partition coefficient (Wildman–Crippen LogP) is 2.72. The van der Waals surface area contributed by atoms with E-state index in [0.717, 1.165) is 18.8 Å². The number of carbonyl (C=O) groups excluding carboxylic acids is 1. The summed E-state index contributed by atoms with van der Waals surface area (Å²) < 4.78 is 1.45. The lowest BCUT2D eigenvalue weighted by molar-refractivity contribution is 0.0952. The van der Waals surface area contributed by atoms with Gasteiger partial charge in [0.25, 0.3) is 11.5 Å². The zero-order valence-electron chi connectivity index (χ0n) is 12.8. The summed E-state index contributed by atoms with van der Waals surface area (Å²) in [5, 5.41) is 2.86. The van der Waals surface area contributed by atoms with Gasteiger partial charge in [0, 0.05) is 31.4 Å². The molecule has 4 nitrogen and oxygen atoms in total. The van der Waals surface area contributed by atoms with Gasteiger partial charge in [-0.1, -0.05) is 39.5 Å². The maximum atomic E-state index is 11.8. The van der Waals surface area contributed by atoms with Crippen molar-refractivity contribution >= 4 is 5.91 Å². The third-order valence-corrected chi connectivity index (χ3v) is 3.36. The molecule has 0 saturated heterocycles. The number of nitrogens with zero attached hydrogens (tertiary/aromatic N) is 1. The summed E-state index contributed by atoms with van der Waals surface area (Å²) in [6.07, 6.45) is 7.52. The Morgan fingerprint density at radius 2 is 1.95 bits per heavy atom. The highest BCUT2D eigenvalue weighted by molar-refractivity contribution is 5.93. The van der Waals surface area contributed by atoms with Crippen LogP contribution in [0.4, 0.5) is 0 Å². The number of unbranched alkanes of at least 4 members (excludes halogenated alkanes) is 3. The van der Waals surface area contributed by atoms with E-state index in [1.807, 2.05) is 0 Å². The van der Waals surface area contributed by atoms with Crippen LogP contribution in [0, 0.1) is 5.92 Å². The molecule has 0 saturated carbocycles. The largest absolute Gasteiger partial charge is 0.352 e. The smallest absolute Gasteiger partial charge is 0.251 e. The Bertz CT molecular complexity index is 478. The van der Waals surface area contributed by atoms with Gasteiger partial charge in [-0.15, -0.1) is 0 Å². The Morgan fingerprint density at radius 1 is 1.25 bits per heavy atom. The molecule has 1 N–H and O–H groups in total. The quantitative estimate of drug-likeness (QED) is 0.743. The Labute approximate surface area is 121 Å². The normalized spacial score (nSPS) is 10.8. The molecule has 1 aromatic heterocycles. The van der Waals surface area contributed by atoms with Crippen molar-refractivity contribution in [2.24, 2.45) is 13.0 Å². The van der Waals surface area contributed by atoms with Gasteiger partial charge in [0.2, 0.25) is 0 Å². The van der Waals surface area contributed by atoms with Crippen molar-refractivity contribution in [2.75, 3.05) is 6.54 Å². The minimum absolute atomic E-state index is 0.161. The van der Waals surface area contributed by atoms with Gasteiger partial charge in [0.05, 0.1) is 0 Å². The standard InChI is InChI=1S/C16H26N2O2/c1-13(2)8-6-4-5-7-10-17-16(20)14-9-11-18(3)15(19)12-14/h9,11-13H,4-8,10H2,1-3H3,(H,17,20). The molecule has 1 rings (SSSR count). The minimum Gasteiger partial charge on any atom is -0.352 e. The van der Waals surface area contributed by atoms with E-state index in [1.54, 1.807) is 19.3 Å². The number of rotatable bonds is 8. The number of aryl methyl sites for hydroxylation is 1. The molecule has 1 aromatic rings. The van der Waals surface area contributed by atoms with Crippen LogP contribution in [0.2, 0.25) is 0 Å². The number of pyridine rings is 1. The first-order valence-electron chi connectivity index (χ1n) is 7.45. The molecule has 0 fully saturated rings. The first-order chi connectivity index (χ1) is 9.50. The number of aromatic nitrogens is 1. The van der Waals surface area contributed by atoms with E-state index >= 15 is 0 Å². The summed E-state index contributed by atoms with van der Waals surface area (Å²) >= 11 is 0. The van der Waals surface area contributed by atoms with Crippen molar-refractivity contribution < 1.29 is 4.79 Å². The van der Waals surface area contributed by atoms with E-state index in [9.17, 15) is 9.59 Å². The maximum Gasteiger partial charge on any atom is 0.251 e. The van der Waals surface area contributed by atoms with Crippen LogP contribution < -0.4 is 10.9 Å². The number of carbonyl (C=O) groups is 1. The molecule has 0 bridgehead atoms. The van der Waals surface area contributed by atoms with E-state index in [4.69, 9.17) is 0 Å². The molecule has 0 spiro atoms. The fourth-order valence-corrected chi connectivity index (χ4v) is 2.02. The van der Waals surface area contributed by atoms with Gasteiger partial charge in [-0.3, -0.25) is 9.59 Å².